The number of rotatable bonds is 9. The first-order valence-corrected chi connectivity index (χ1v) is 6.79. The molecule has 0 fully saturated rings. The van der Waals surface area contributed by atoms with Gasteiger partial charge in [-0.1, -0.05) is 18.2 Å². The van der Waals surface area contributed by atoms with Crippen LogP contribution in [0.4, 0.5) is 0 Å². The number of hydrogen-bond donors (Lipinski definition) is 1. The van der Waals surface area contributed by atoms with Crippen molar-refractivity contribution in [3.05, 3.63) is 30.3 Å². The third-order valence-corrected chi connectivity index (χ3v) is 3.26. The Hall–Kier alpha value is -0.510. The molecule has 0 aliphatic heterocycles. The fourth-order valence-electron chi connectivity index (χ4n) is 1.38. The molecule has 0 aliphatic carbocycles. The van der Waals surface area contributed by atoms with E-state index >= 15 is 0 Å². The maximum atomic E-state index is 5.00. The van der Waals surface area contributed by atoms with E-state index in [0.29, 0.717) is 0 Å². The lowest BCUT2D eigenvalue weighted by Gasteiger charge is -2.04. The SMILES string of the molecule is COCCCCNCCSc1ccccc1. The normalized spacial score (nSPS) is 10.6. The lowest BCUT2D eigenvalue weighted by molar-refractivity contribution is 0.192. The molecular formula is C13H21NOS. The van der Waals surface area contributed by atoms with Crippen molar-refractivity contribution in [2.75, 3.05) is 32.6 Å². The van der Waals surface area contributed by atoms with Crippen molar-refractivity contribution in [1.29, 1.82) is 0 Å². The van der Waals surface area contributed by atoms with Crippen molar-refractivity contribution in [3.8, 4) is 0 Å². The van der Waals surface area contributed by atoms with Gasteiger partial charge in [0.1, 0.15) is 0 Å². The fraction of sp³-hybridized carbons (Fsp3) is 0.538. The summed E-state index contributed by atoms with van der Waals surface area (Å²) < 4.78 is 5.00. The maximum absolute atomic E-state index is 5.00. The molecule has 0 bridgehead atoms. The van der Waals surface area contributed by atoms with E-state index in [4.69, 9.17) is 4.74 Å². The lowest BCUT2D eigenvalue weighted by atomic mass is 10.3. The molecule has 0 aromatic heterocycles. The molecule has 0 atom stereocenters. The van der Waals surface area contributed by atoms with Crippen LogP contribution in [0, 0.1) is 0 Å². The second-order valence-electron chi connectivity index (χ2n) is 3.61. The molecule has 0 unspecified atom stereocenters. The van der Waals surface area contributed by atoms with Gasteiger partial charge in [0.05, 0.1) is 0 Å². The van der Waals surface area contributed by atoms with E-state index in [2.05, 4.69) is 35.6 Å². The molecule has 3 heteroatoms. The Balaban J connectivity index is 1.89. The Labute approximate surface area is 103 Å². The summed E-state index contributed by atoms with van der Waals surface area (Å²) >= 11 is 1.90. The molecule has 0 aliphatic rings. The highest BCUT2D eigenvalue weighted by Gasteiger charge is 1.92. The van der Waals surface area contributed by atoms with Crippen molar-refractivity contribution in [1.82, 2.24) is 5.32 Å². The predicted molar refractivity (Wildman–Crippen MR) is 71.1 cm³/mol. The monoisotopic (exact) mass is 239 g/mol. The van der Waals surface area contributed by atoms with E-state index in [0.717, 1.165) is 31.9 Å². The number of unbranched alkanes of at least 4 members (excludes halogenated alkanes) is 1. The smallest absolute Gasteiger partial charge is 0.0462 e. The minimum atomic E-state index is 0.875. The van der Waals surface area contributed by atoms with Gasteiger partial charge >= 0.3 is 0 Å². The van der Waals surface area contributed by atoms with Crippen molar-refractivity contribution >= 4 is 11.8 Å². The topological polar surface area (TPSA) is 21.3 Å². The quantitative estimate of drug-likeness (QED) is 0.529. The standard InChI is InChI=1S/C13H21NOS/c1-15-11-6-5-9-14-10-12-16-13-7-3-2-4-8-13/h2-4,7-8,14H,5-6,9-12H2,1H3. The minimum Gasteiger partial charge on any atom is -0.385 e. The summed E-state index contributed by atoms with van der Waals surface area (Å²) in [5.41, 5.74) is 0. The van der Waals surface area contributed by atoms with Gasteiger partial charge in [0, 0.05) is 30.9 Å². The third-order valence-electron chi connectivity index (χ3n) is 2.24. The molecule has 0 saturated carbocycles. The molecule has 0 heterocycles. The lowest BCUT2D eigenvalue weighted by Crippen LogP contribution is -2.18. The van der Waals surface area contributed by atoms with Gasteiger partial charge in [-0.2, -0.15) is 0 Å². The third kappa shape index (κ3) is 6.88. The summed E-state index contributed by atoms with van der Waals surface area (Å²) in [5.74, 6) is 1.13. The van der Waals surface area contributed by atoms with Gasteiger partial charge in [0.15, 0.2) is 0 Å². The molecule has 16 heavy (non-hydrogen) atoms. The Bertz CT molecular complexity index is 253. The number of benzene rings is 1. The van der Waals surface area contributed by atoms with Crippen LogP contribution in [0.25, 0.3) is 0 Å². The van der Waals surface area contributed by atoms with E-state index in [1.807, 2.05) is 11.8 Å². The molecule has 0 radical (unpaired) electrons. The van der Waals surface area contributed by atoms with E-state index in [9.17, 15) is 0 Å². The largest absolute Gasteiger partial charge is 0.385 e. The van der Waals surface area contributed by atoms with Crippen LogP contribution in [-0.2, 0) is 4.74 Å². The molecule has 2 nitrogen and oxygen atoms in total. The summed E-state index contributed by atoms with van der Waals surface area (Å²) in [4.78, 5) is 1.35. The van der Waals surface area contributed by atoms with Crippen molar-refractivity contribution in [2.24, 2.45) is 0 Å². The summed E-state index contributed by atoms with van der Waals surface area (Å²) in [5, 5.41) is 3.44. The summed E-state index contributed by atoms with van der Waals surface area (Å²) in [6, 6.07) is 10.5. The highest BCUT2D eigenvalue weighted by molar-refractivity contribution is 7.99. The molecule has 0 saturated heterocycles. The zero-order valence-electron chi connectivity index (χ0n) is 9.95. The molecule has 1 N–H and O–H groups in total. The van der Waals surface area contributed by atoms with Gasteiger partial charge in [-0.3, -0.25) is 0 Å². The first-order chi connectivity index (χ1) is 7.93. The predicted octanol–water partition coefficient (Wildman–Crippen LogP) is 2.79. The van der Waals surface area contributed by atoms with Crippen molar-refractivity contribution < 1.29 is 4.74 Å². The number of nitrogens with one attached hydrogen (secondary N) is 1. The molecule has 0 amide bonds. The zero-order valence-corrected chi connectivity index (χ0v) is 10.8. The van der Waals surface area contributed by atoms with Crippen LogP contribution in [0.2, 0.25) is 0 Å². The van der Waals surface area contributed by atoms with Gasteiger partial charge in [-0.25, -0.2) is 0 Å². The molecule has 0 spiro atoms. The minimum absolute atomic E-state index is 0.875. The molecule has 90 valence electrons. The van der Waals surface area contributed by atoms with E-state index in [1.165, 1.54) is 11.3 Å². The van der Waals surface area contributed by atoms with Crippen LogP contribution in [0.15, 0.2) is 35.2 Å². The van der Waals surface area contributed by atoms with Crippen LogP contribution in [0.5, 0.6) is 0 Å². The van der Waals surface area contributed by atoms with Crippen molar-refractivity contribution in [3.63, 3.8) is 0 Å². The second-order valence-corrected chi connectivity index (χ2v) is 4.78. The Kier molecular flexibility index (Phi) is 8.22. The van der Waals surface area contributed by atoms with E-state index in [1.54, 1.807) is 7.11 Å². The van der Waals surface area contributed by atoms with Gasteiger partial charge in [0.25, 0.3) is 0 Å². The summed E-state index contributed by atoms with van der Waals surface area (Å²) in [6.45, 7) is 3.05. The zero-order chi connectivity index (χ0) is 11.5. The Morgan fingerprint density at radius 2 is 1.94 bits per heavy atom. The fourth-order valence-corrected chi connectivity index (χ4v) is 2.21. The average Bonchev–Trinajstić information content (AvgIpc) is 2.34. The number of thioether (sulfide) groups is 1. The molecule has 1 aromatic rings. The summed E-state index contributed by atoms with van der Waals surface area (Å²) in [6.07, 6.45) is 2.35. The first kappa shape index (κ1) is 13.6. The second kappa shape index (κ2) is 9.70. The van der Waals surface area contributed by atoms with Crippen LogP contribution in [0.1, 0.15) is 12.8 Å². The van der Waals surface area contributed by atoms with Crippen LogP contribution in [-0.4, -0.2) is 32.6 Å². The van der Waals surface area contributed by atoms with Crippen molar-refractivity contribution in [2.45, 2.75) is 17.7 Å². The van der Waals surface area contributed by atoms with E-state index < -0.39 is 0 Å². The number of hydrogen-bond acceptors (Lipinski definition) is 3. The first-order valence-electron chi connectivity index (χ1n) is 5.81. The average molecular weight is 239 g/mol. The Morgan fingerprint density at radius 3 is 2.69 bits per heavy atom. The molecule has 1 rings (SSSR count). The van der Waals surface area contributed by atoms with Crippen LogP contribution >= 0.6 is 11.8 Å². The number of ether oxygens (including phenoxy) is 1. The molecular weight excluding hydrogens is 218 g/mol. The van der Waals surface area contributed by atoms with E-state index in [-0.39, 0.29) is 0 Å². The van der Waals surface area contributed by atoms with Crippen LogP contribution < -0.4 is 5.32 Å². The van der Waals surface area contributed by atoms with Gasteiger partial charge in [-0.15, -0.1) is 11.8 Å². The molecule has 1 aromatic carbocycles. The Morgan fingerprint density at radius 1 is 1.12 bits per heavy atom. The number of methoxy groups -OCH3 is 1. The highest BCUT2D eigenvalue weighted by atomic mass is 32.2. The summed E-state index contributed by atoms with van der Waals surface area (Å²) in [7, 11) is 1.75. The van der Waals surface area contributed by atoms with Gasteiger partial charge < -0.3 is 10.1 Å². The maximum Gasteiger partial charge on any atom is 0.0462 e. The van der Waals surface area contributed by atoms with Gasteiger partial charge in [-0.05, 0) is 31.5 Å². The van der Waals surface area contributed by atoms with Gasteiger partial charge in [0.2, 0.25) is 0 Å². The highest BCUT2D eigenvalue weighted by Crippen LogP contribution is 2.15. The van der Waals surface area contributed by atoms with Crippen LogP contribution in [0.3, 0.4) is 0 Å².